The zero-order chi connectivity index (χ0) is 19.4. The first-order valence-corrected chi connectivity index (χ1v) is 8.47. The van der Waals surface area contributed by atoms with Gasteiger partial charge in [-0.25, -0.2) is 4.79 Å². The van der Waals surface area contributed by atoms with Gasteiger partial charge in [0, 0.05) is 0 Å². The predicted octanol–water partition coefficient (Wildman–Crippen LogP) is 2.71. The second-order valence-corrected chi connectivity index (χ2v) is 6.27. The summed E-state index contributed by atoms with van der Waals surface area (Å²) in [6.45, 7) is -0.430. The van der Waals surface area contributed by atoms with Crippen molar-refractivity contribution in [2.75, 3.05) is 13.7 Å². The highest BCUT2D eigenvalue weighted by Gasteiger charge is 2.36. The monoisotopic (exact) mass is 387 g/mol. The summed E-state index contributed by atoms with van der Waals surface area (Å²) in [4.78, 5) is 48.2. The number of nitrogens with zero attached hydrogens (tertiary/aromatic N) is 1. The van der Waals surface area contributed by atoms with Crippen LogP contribution in [0.3, 0.4) is 0 Å². The summed E-state index contributed by atoms with van der Waals surface area (Å²) in [5.74, 6) is -1.49. The number of rotatable bonds is 5. The molecule has 0 saturated carbocycles. The third kappa shape index (κ3) is 4.26. The average Bonchev–Trinajstić information content (AvgIpc) is 3.28. The molecule has 1 aromatic heterocycles. The van der Waals surface area contributed by atoms with Crippen molar-refractivity contribution in [3.63, 3.8) is 0 Å². The molecule has 27 heavy (non-hydrogen) atoms. The molecule has 0 unspecified atom stereocenters. The van der Waals surface area contributed by atoms with Gasteiger partial charge in [0.25, 0.3) is 11.1 Å². The zero-order valence-corrected chi connectivity index (χ0v) is 14.9. The number of ether oxygens (including phenoxy) is 2. The molecule has 1 aromatic carbocycles. The van der Waals surface area contributed by atoms with Crippen molar-refractivity contribution < 1.29 is 33.1 Å². The molecule has 0 atom stereocenters. The molecule has 0 radical (unpaired) electrons. The predicted molar refractivity (Wildman–Crippen MR) is 94.8 cm³/mol. The van der Waals surface area contributed by atoms with E-state index in [0.717, 1.165) is 16.7 Å². The summed E-state index contributed by atoms with van der Waals surface area (Å²) >= 11 is 0.735. The second-order valence-electron chi connectivity index (χ2n) is 5.28. The number of esters is 2. The fourth-order valence-corrected chi connectivity index (χ4v) is 3.00. The number of imide groups is 1. The third-order valence-electron chi connectivity index (χ3n) is 3.50. The average molecular weight is 387 g/mol. The van der Waals surface area contributed by atoms with Gasteiger partial charge in [0.15, 0.2) is 0 Å². The van der Waals surface area contributed by atoms with E-state index in [4.69, 9.17) is 9.15 Å². The minimum atomic E-state index is -0.679. The zero-order valence-electron chi connectivity index (χ0n) is 14.0. The molecule has 3 rings (SSSR count). The Morgan fingerprint density at radius 3 is 2.56 bits per heavy atom. The molecule has 1 fully saturated rings. The molecule has 0 bridgehead atoms. The Morgan fingerprint density at radius 2 is 1.93 bits per heavy atom. The SMILES string of the molecule is COC(=O)CN1C(=O)S/C(=C\c2ccc(OC(=O)c3ccco3)cc2)C1=O. The number of carbonyl (C=O) groups excluding carboxylic acids is 4. The normalized spacial score (nSPS) is 15.3. The molecule has 8 nitrogen and oxygen atoms in total. The Labute approximate surface area is 157 Å². The van der Waals surface area contributed by atoms with E-state index in [9.17, 15) is 19.2 Å². The Morgan fingerprint density at radius 1 is 1.19 bits per heavy atom. The van der Waals surface area contributed by atoms with E-state index < -0.39 is 29.6 Å². The van der Waals surface area contributed by atoms with Gasteiger partial charge in [-0.2, -0.15) is 0 Å². The number of thioether (sulfide) groups is 1. The second kappa shape index (κ2) is 7.92. The maximum atomic E-state index is 12.2. The standard InChI is InChI=1S/C18H13NO7S/c1-24-15(20)10-19-16(21)14(27-18(19)23)9-11-4-6-12(7-5-11)26-17(22)13-3-2-8-25-13/h2-9H,10H2,1H3/b14-9-. The maximum Gasteiger partial charge on any atom is 0.379 e. The Bertz CT molecular complexity index is 916. The molecule has 9 heteroatoms. The van der Waals surface area contributed by atoms with E-state index in [1.54, 1.807) is 30.3 Å². The van der Waals surface area contributed by atoms with Crippen LogP contribution in [-0.2, 0) is 14.3 Å². The van der Waals surface area contributed by atoms with Crippen molar-refractivity contribution in [3.05, 3.63) is 58.9 Å². The molecule has 2 amide bonds. The highest BCUT2D eigenvalue weighted by Crippen LogP contribution is 2.32. The van der Waals surface area contributed by atoms with Gasteiger partial charge in [-0.1, -0.05) is 12.1 Å². The number of furan rings is 1. The number of benzene rings is 1. The summed E-state index contributed by atoms with van der Waals surface area (Å²) in [6, 6.07) is 9.41. The lowest BCUT2D eigenvalue weighted by Gasteiger charge is -2.09. The van der Waals surface area contributed by atoms with Crippen LogP contribution in [0.5, 0.6) is 5.75 Å². The first kappa shape index (κ1) is 18.5. The quantitative estimate of drug-likeness (QED) is 0.438. The summed E-state index contributed by atoms with van der Waals surface area (Å²) in [7, 11) is 1.18. The number of hydrogen-bond acceptors (Lipinski definition) is 8. The van der Waals surface area contributed by atoms with Crippen LogP contribution >= 0.6 is 11.8 Å². The molecule has 1 saturated heterocycles. The van der Waals surface area contributed by atoms with Crippen LogP contribution in [0.15, 0.2) is 52.0 Å². The van der Waals surface area contributed by atoms with Gasteiger partial charge in [-0.05, 0) is 47.7 Å². The van der Waals surface area contributed by atoms with Gasteiger partial charge in [-0.3, -0.25) is 19.3 Å². The van der Waals surface area contributed by atoms with Crippen LogP contribution < -0.4 is 4.74 Å². The number of amides is 2. The van der Waals surface area contributed by atoms with Gasteiger partial charge in [0.1, 0.15) is 12.3 Å². The minimum Gasteiger partial charge on any atom is -0.468 e. The van der Waals surface area contributed by atoms with Crippen molar-refractivity contribution in [2.24, 2.45) is 0 Å². The largest absolute Gasteiger partial charge is 0.468 e. The van der Waals surface area contributed by atoms with Gasteiger partial charge < -0.3 is 13.9 Å². The third-order valence-corrected chi connectivity index (χ3v) is 4.41. The van der Waals surface area contributed by atoms with Gasteiger partial charge in [-0.15, -0.1) is 0 Å². The molecule has 0 N–H and O–H groups in total. The molecule has 138 valence electrons. The van der Waals surface area contributed by atoms with Crippen LogP contribution in [0.25, 0.3) is 6.08 Å². The number of carbonyl (C=O) groups is 4. The topological polar surface area (TPSA) is 103 Å². The van der Waals surface area contributed by atoms with Crippen molar-refractivity contribution in [1.29, 1.82) is 0 Å². The fraction of sp³-hybridized carbons (Fsp3) is 0.111. The lowest BCUT2D eigenvalue weighted by atomic mass is 10.2. The lowest BCUT2D eigenvalue weighted by molar-refractivity contribution is -0.143. The molecule has 2 aromatic rings. The van der Waals surface area contributed by atoms with Gasteiger partial charge in [0.05, 0.1) is 18.3 Å². The van der Waals surface area contributed by atoms with Crippen molar-refractivity contribution in [1.82, 2.24) is 4.90 Å². The van der Waals surface area contributed by atoms with Crippen LogP contribution in [0.4, 0.5) is 4.79 Å². The fourth-order valence-electron chi connectivity index (χ4n) is 2.17. The molecular formula is C18H13NO7S. The smallest absolute Gasteiger partial charge is 0.379 e. The van der Waals surface area contributed by atoms with Crippen molar-refractivity contribution >= 4 is 40.9 Å². The van der Waals surface area contributed by atoms with E-state index in [-0.39, 0.29) is 10.7 Å². The van der Waals surface area contributed by atoms with Gasteiger partial charge >= 0.3 is 11.9 Å². The molecule has 1 aliphatic heterocycles. The molecular weight excluding hydrogens is 374 g/mol. The summed E-state index contributed by atoms with van der Waals surface area (Å²) in [5, 5.41) is -0.541. The molecule has 2 heterocycles. The number of methoxy groups -OCH3 is 1. The van der Waals surface area contributed by atoms with Crippen LogP contribution in [0.1, 0.15) is 16.1 Å². The van der Waals surface area contributed by atoms with Crippen molar-refractivity contribution in [2.45, 2.75) is 0 Å². The summed E-state index contributed by atoms with van der Waals surface area (Å²) in [5.41, 5.74) is 0.622. The first-order chi connectivity index (χ1) is 13.0. The Balaban J connectivity index is 1.68. The summed E-state index contributed by atoms with van der Waals surface area (Å²) in [6.07, 6.45) is 2.88. The van der Waals surface area contributed by atoms with Gasteiger partial charge in [0.2, 0.25) is 5.76 Å². The van der Waals surface area contributed by atoms with E-state index >= 15 is 0 Å². The lowest BCUT2D eigenvalue weighted by Crippen LogP contribution is -2.34. The highest BCUT2D eigenvalue weighted by atomic mass is 32.2. The van der Waals surface area contributed by atoms with E-state index in [1.165, 1.54) is 25.5 Å². The summed E-state index contributed by atoms with van der Waals surface area (Å²) < 4.78 is 14.6. The van der Waals surface area contributed by atoms with Crippen LogP contribution in [0, 0.1) is 0 Å². The molecule has 0 spiro atoms. The maximum absolute atomic E-state index is 12.2. The van der Waals surface area contributed by atoms with E-state index in [0.29, 0.717) is 11.3 Å². The van der Waals surface area contributed by atoms with Crippen LogP contribution in [-0.4, -0.2) is 41.6 Å². The Hall–Kier alpha value is -3.33. The number of hydrogen-bond donors (Lipinski definition) is 0. The van der Waals surface area contributed by atoms with Crippen molar-refractivity contribution in [3.8, 4) is 5.75 Å². The molecule has 1 aliphatic rings. The Kier molecular flexibility index (Phi) is 5.41. The molecule has 0 aliphatic carbocycles. The van der Waals surface area contributed by atoms with E-state index in [2.05, 4.69) is 4.74 Å². The van der Waals surface area contributed by atoms with Crippen LogP contribution in [0.2, 0.25) is 0 Å². The highest BCUT2D eigenvalue weighted by molar-refractivity contribution is 8.18. The van der Waals surface area contributed by atoms with E-state index in [1.807, 2.05) is 0 Å². The minimum absolute atomic E-state index is 0.0818. The first-order valence-electron chi connectivity index (χ1n) is 7.66.